The molecule has 1 saturated carbocycles. The Balaban J connectivity index is 1.97. The van der Waals surface area contributed by atoms with Crippen LogP contribution < -0.4 is 5.32 Å². The van der Waals surface area contributed by atoms with Gasteiger partial charge in [0.25, 0.3) is 0 Å². The van der Waals surface area contributed by atoms with E-state index in [0.29, 0.717) is 12.0 Å². The largest absolute Gasteiger partial charge is 0.388 e. The van der Waals surface area contributed by atoms with Crippen molar-refractivity contribution < 1.29 is 0 Å². The Hall–Kier alpha value is -2.01. The summed E-state index contributed by atoms with van der Waals surface area (Å²) in [5.41, 5.74) is 3.11. The molecule has 2 heteroatoms. The van der Waals surface area contributed by atoms with Crippen molar-refractivity contribution in [2.45, 2.75) is 37.1 Å². The highest BCUT2D eigenvalue weighted by atomic mass is 14.9. The van der Waals surface area contributed by atoms with Gasteiger partial charge in [0.15, 0.2) is 0 Å². The van der Waals surface area contributed by atoms with E-state index in [0.717, 1.165) is 12.0 Å². The Kier molecular flexibility index (Phi) is 2.50. The molecule has 0 spiro atoms. The number of nitriles is 1. The topological polar surface area (TPSA) is 35.8 Å². The molecule has 0 aromatic heterocycles. The quantitative estimate of drug-likeness (QED) is 0.776. The summed E-state index contributed by atoms with van der Waals surface area (Å²) in [6.45, 7) is 0. The van der Waals surface area contributed by atoms with Gasteiger partial charge in [-0.05, 0) is 29.5 Å². The Labute approximate surface area is 119 Å². The van der Waals surface area contributed by atoms with Crippen molar-refractivity contribution in [3.8, 4) is 6.07 Å². The lowest BCUT2D eigenvalue weighted by Gasteiger charge is -2.48. The third-order valence-corrected chi connectivity index (χ3v) is 5.23. The minimum atomic E-state index is -0.443. The third kappa shape index (κ3) is 1.38. The molecule has 3 aliphatic rings. The van der Waals surface area contributed by atoms with E-state index >= 15 is 0 Å². The highest BCUT2D eigenvalue weighted by Crippen LogP contribution is 2.51. The zero-order valence-electron chi connectivity index (χ0n) is 11.5. The van der Waals surface area contributed by atoms with Crippen LogP contribution in [0.25, 0.3) is 6.08 Å². The molecule has 20 heavy (non-hydrogen) atoms. The Morgan fingerprint density at radius 1 is 1.15 bits per heavy atom. The second-order valence-corrected chi connectivity index (χ2v) is 6.10. The van der Waals surface area contributed by atoms with Crippen LogP contribution in [-0.4, -0.2) is 6.04 Å². The van der Waals surface area contributed by atoms with Gasteiger partial charge in [0.2, 0.25) is 0 Å². The number of fused-ring (bicyclic) bond motifs is 5. The van der Waals surface area contributed by atoms with E-state index in [9.17, 15) is 5.26 Å². The van der Waals surface area contributed by atoms with Gasteiger partial charge in [-0.3, -0.25) is 0 Å². The molecule has 1 fully saturated rings. The Morgan fingerprint density at radius 2 is 2.00 bits per heavy atom. The molecule has 3 atom stereocenters. The predicted octanol–water partition coefficient (Wildman–Crippen LogP) is 3.52. The lowest BCUT2D eigenvalue weighted by Crippen LogP contribution is -2.53. The SMILES string of the molecule is N#CC12C(=CNC3CCCCC31)C=Cc1ccccc12. The summed E-state index contributed by atoms with van der Waals surface area (Å²) in [6.07, 6.45) is 11.2. The van der Waals surface area contributed by atoms with Crippen LogP contribution in [0.1, 0.15) is 36.8 Å². The van der Waals surface area contributed by atoms with Crippen LogP contribution in [0, 0.1) is 17.2 Å². The van der Waals surface area contributed by atoms with Crippen molar-refractivity contribution in [3.63, 3.8) is 0 Å². The molecule has 1 heterocycles. The monoisotopic (exact) mass is 262 g/mol. The molecule has 1 aromatic rings. The average Bonchev–Trinajstić information content (AvgIpc) is 2.54. The van der Waals surface area contributed by atoms with E-state index in [1.807, 2.05) is 0 Å². The molecule has 2 nitrogen and oxygen atoms in total. The van der Waals surface area contributed by atoms with Crippen LogP contribution in [0.5, 0.6) is 0 Å². The molecule has 100 valence electrons. The second kappa shape index (κ2) is 4.24. The van der Waals surface area contributed by atoms with E-state index in [1.165, 1.54) is 30.4 Å². The maximum Gasteiger partial charge on any atom is 0.114 e. The maximum atomic E-state index is 10.1. The number of hydrogen-bond donors (Lipinski definition) is 1. The van der Waals surface area contributed by atoms with Crippen molar-refractivity contribution in [1.29, 1.82) is 5.26 Å². The van der Waals surface area contributed by atoms with E-state index in [4.69, 9.17) is 0 Å². The number of allylic oxidation sites excluding steroid dienone is 2. The van der Waals surface area contributed by atoms with Gasteiger partial charge in [-0.2, -0.15) is 5.26 Å². The minimum absolute atomic E-state index is 0.396. The van der Waals surface area contributed by atoms with E-state index < -0.39 is 5.41 Å². The van der Waals surface area contributed by atoms with Crippen LogP contribution in [0.3, 0.4) is 0 Å². The van der Waals surface area contributed by atoms with Crippen molar-refractivity contribution in [2.24, 2.45) is 5.92 Å². The molecule has 1 N–H and O–H groups in total. The summed E-state index contributed by atoms with van der Waals surface area (Å²) >= 11 is 0. The number of nitrogens with one attached hydrogen (secondary N) is 1. The Morgan fingerprint density at radius 3 is 2.90 bits per heavy atom. The fraction of sp³-hybridized carbons (Fsp3) is 0.389. The van der Waals surface area contributed by atoms with Crippen molar-refractivity contribution >= 4 is 6.08 Å². The average molecular weight is 262 g/mol. The number of rotatable bonds is 0. The lowest BCUT2D eigenvalue weighted by molar-refractivity contribution is 0.207. The van der Waals surface area contributed by atoms with Crippen LogP contribution in [-0.2, 0) is 5.41 Å². The second-order valence-electron chi connectivity index (χ2n) is 6.10. The van der Waals surface area contributed by atoms with E-state index in [1.54, 1.807) is 0 Å². The summed E-state index contributed by atoms with van der Waals surface area (Å²) in [7, 11) is 0. The molecule has 0 bridgehead atoms. The molecule has 4 rings (SSSR count). The lowest BCUT2D eigenvalue weighted by atomic mass is 9.57. The normalized spacial score (nSPS) is 33.9. The van der Waals surface area contributed by atoms with E-state index in [-0.39, 0.29) is 0 Å². The molecule has 0 saturated heterocycles. The maximum absolute atomic E-state index is 10.1. The minimum Gasteiger partial charge on any atom is -0.388 e. The fourth-order valence-corrected chi connectivity index (χ4v) is 4.30. The third-order valence-electron chi connectivity index (χ3n) is 5.23. The van der Waals surface area contributed by atoms with Gasteiger partial charge >= 0.3 is 0 Å². The summed E-state index contributed by atoms with van der Waals surface area (Å²) in [6, 6.07) is 11.6. The van der Waals surface area contributed by atoms with Crippen molar-refractivity contribution in [1.82, 2.24) is 5.32 Å². The molecular formula is C18H18N2. The van der Waals surface area contributed by atoms with Gasteiger partial charge in [-0.15, -0.1) is 0 Å². The van der Waals surface area contributed by atoms with Crippen LogP contribution in [0.2, 0.25) is 0 Å². The van der Waals surface area contributed by atoms with Gasteiger partial charge in [0, 0.05) is 18.2 Å². The van der Waals surface area contributed by atoms with Crippen molar-refractivity contribution in [2.75, 3.05) is 0 Å². The molecule has 2 aliphatic carbocycles. The number of benzene rings is 1. The van der Waals surface area contributed by atoms with Crippen LogP contribution in [0.4, 0.5) is 0 Å². The summed E-state index contributed by atoms with van der Waals surface area (Å²) in [4.78, 5) is 0. The Bertz CT molecular complexity index is 650. The van der Waals surface area contributed by atoms with Crippen molar-refractivity contribution in [3.05, 3.63) is 53.2 Å². The highest BCUT2D eigenvalue weighted by Gasteiger charge is 2.51. The molecule has 0 amide bonds. The van der Waals surface area contributed by atoms with Gasteiger partial charge in [0.1, 0.15) is 5.41 Å². The first-order valence-corrected chi connectivity index (χ1v) is 7.52. The smallest absolute Gasteiger partial charge is 0.114 e. The highest BCUT2D eigenvalue weighted by molar-refractivity contribution is 5.70. The van der Waals surface area contributed by atoms with Crippen LogP contribution in [0.15, 0.2) is 42.1 Å². The van der Waals surface area contributed by atoms with Gasteiger partial charge in [-0.25, -0.2) is 0 Å². The van der Waals surface area contributed by atoms with Gasteiger partial charge in [0.05, 0.1) is 6.07 Å². The fourth-order valence-electron chi connectivity index (χ4n) is 4.30. The first-order chi connectivity index (χ1) is 9.86. The predicted molar refractivity (Wildman–Crippen MR) is 79.7 cm³/mol. The molecule has 1 aliphatic heterocycles. The van der Waals surface area contributed by atoms with Gasteiger partial charge < -0.3 is 5.32 Å². The molecule has 1 aromatic carbocycles. The van der Waals surface area contributed by atoms with E-state index in [2.05, 4.69) is 54.0 Å². The van der Waals surface area contributed by atoms with Crippen LogP contribution >= 0.6 is 0 Å². The first-order valence-electron chi connectivity index (χ1n) is 7.52. The zero-order valence-corrected chi connectivity index (χ0v) is 11.5. The molecule has 0 radical (unpaired) electrons. The molecular weight excluding hydrogens is 244 g/mol. The zero-order chi connectivity index (χ0) is 13.6. The van der Waals surface area contributed by atoms with Gasteiger partial charge in [-0.1, -0.05) is 49.3 Å². The summed E-state index contributed by atoms with van der Waals surface area (Å²) < 4.78 is 0. The first kappa shape index (κ1) is 11.8. The standard InChI is InChI=1S/C18H18N2/c19-12-18-14(10-9-13-5-1-2-6-15(13)18)11-20-17-8-4-3-7-16(17)18/h1-2,5-6,9-11,16-17,20H,3-4,7-8H2. The summed E-state index contributed by atoms with van der Waals surface area (Å²) in [5, 5.41) is 13.7. The molecule has 3 unspecified atom stereocenters. The summed E-state index contributed by atoms with van der Waals surface area (Å²) in [5.74, 6) is 0.396. The number of nitrogens with zero attached hydrogens (tertiary/aromatic N) is 1. The number of hydrogen-bond acceptors (Lipinski definition) is 2.